The van der Waals surface area contributed by atoms with Crippen LogP contribution in [0.5, 0.6) is 0 Å². The number of nitrogens with one attached hydrogen (secondary N) is 1. The first-order chi connectivity index (χ1) is 11.6. The Morgan fingerprint density at radius 2 is 2.00 bits per heavy atom. The van der Waals surface area contributed by atoms with E-state index in [4.69, 9.17) is 0 Å². The van der Waals surface area contributed by atoms with Crippen LogP contribution in [0, 0.1) is 6.92 Å². The van der Waals surface area contributed by atoms with E-state index < -0.39 is 0 Å². The average Bonchev–Trinajstić information content (AvgIpc) is 3.18. The van der Waals surface area contributed by atoms with Crippen molar-refractivity contribution in [2.75, 3.05) is 13.6 Å². The van der Waals surface area contributed by atoms with Crippen molar-refractivity contribution in [2.45, 2.75) is 26.3 Å². The normalized spacial score (nSPS) is 11.3. The molecule has 0 atom stereocenters. The maximum absolute atomic E-state index is 4.38. The summed E-state index contributed by atoms with van der Waals surface area (Å²) < 4.78 is 2.09. The van der Waals surface area contributed by atoms with Gasteiger partial charge in [0.25, 0.3) is 0 Å². The molecule has 0 aliphatic carbocycles. The first kappa shape index (κ1) is 16.5. The first-order valence-electron chi connectivity index (χ1n) is 8.37. The van der Waals surface area contributed by atoms with Crippen LogP contribution in [0.1, 0.15) is 23.4 Å². The highest BCUT2D eigenvalue weighted by molar-refractivity contribution is 5.62. The minimum Gasteiger partial charge on any atom is -0.338 e. The molecule has 0 saturated carbocycles. The second-order valence-corrected chi connectivity index (χ2v) is 6.43. The van der Waals surface area contributed by atoms with Crippen molar-refractivity contribution in [3.8, 4) is 11.3 Å². The van der Waals surface area contributed by atoms with Gasteiger partial charge >= 0.3 is 0 Å². The fourth-order valence-corrected chi connectivity index (χ4v) is 2.92. The third-order valence-corrected chi connectivity index (χ3v) is 4.36. The molecule has 2 heterocycles. The fraction of sp³-hybridized carbons (Fsp3) is 0.368. The molecule has 0 spiro atoms. The molecule has 24 heavy (non-hydrogen) atoms. The van der Waals surface area contributed by atoms with E-state index in [1.807, 2.05) is 25.6 Å². The Morgan fingerprint density at radius 3 is 2.71 bits per heavy atom. The predicted molar refractivity (Wildman–Crippen MR) is 96.6 cm³/mol. The van der Waals surface area contributed by atoms with E-state index in [9.17, 15) is 0 Å². The third-order valence-electron chi connectivity index (χ3n) is 4.36. The van der Waals surface area contributed by atoms with Crippen LogP contribution in [0.3, 0.4) is 0 Å². The van der Waals surface area contributed by atoms with Crippen molar-refractivity contribution in [2.24, 2.45) is 7.05 Å². The molecule has 0 unspecified atom stereocenters. The molecule has 5 heteroatoms. The van der Waals surface area contributed by atoms with Crippen LogP contribution in [-0.4, -0.2) is 38.2 Å². The summed E-state index contributed by atoms with van der Waals surface area (Å²) in [6.07, 6.45) is 7.89. The van der Waals surface area contributed by atoms with Gasteiger partial charge in [-0.1, -0.05) is 29.8 Å². The summed E-state index contributed by atoms with van der Waals surface area (Å²) in [5.41, 5.74) is 4.81. The lowest BCUT2D eigenvalue weighted by atomic mass is 10.1. The smallest absolute Gasteiger partial charge is 0.108 e. The summed E-state index contributed by atoms with van der Waals surface area (Å²) >= 11 is 0. The van der Waals surface area contributed by atoms with Gasteiger partial charge < -0.3 is 9.47 Å². The monoisotopic (exact) mass is 323 g/mol. The van der Waals surface area contributed by atoms with Crippen LogP contribution in [0.2, 0.25) is 0 Å². The molecule has 5 nitrogen and oxygen atoms in total. The van der Waals surface area contributed by atoms with E-state index in [-0.39, 0.29) is 0 Å². The molecule has 0 fully saturated rings. The first-order valence-corrected chi connectivity index (χ1v) is 8.37. The van der Waals surface area contributed by atoms with Crippen molar-refractivity contribution in [3.63, 3.8) is 0 Å². The summed E-state index contributed by atoms with van der Waals surface area (Å²) in [6.45, 7) is 4.03. The van der Waals surface area contributed by atoms with Gasteiger partial charge in [-0.15, -0.1) is 0 Å². The lowest BCUT2D eigenvalue weighted by Gasteiger charge is -2.16. The number of H-pyrrole nitrogens is 1. The van der Waals surface area contributed by atoms with E-state index >= 15 is 0 Å². The van der Waals surface area contributed by atoms with E-state index in [1.165, 1.54) is 16.7 Å². The van der Waals surface area contributed by atoms with Crippen LogP contribution in [-0.2, 0) is 20.0 Å². The van der Waals surface area contributed by atoms with E-state index in [1.54, 1.807) is 0 Å². The van der Waals surface area contributed by atoms with Gasteiger partial charge in [0.2, 0.25) is 0 Å². The molecule has 0 aliphatic heterocycles. The molecule has 0 aliphatic rings. The number of imidazole rings is 1. The molecule has 126 valence electrons. The number of aromatic nitrogens is 4. The van der Waals surface area contributed by atoms with Gasteiger partial charge in [-0.3, -0.25) is 5.10 Å². The Balaban J connectivity index is 1.57. The molecule has 0 bridgehead atoms. The molecule has 3 rings (SSSR count). The molecule has 0 saturated heterocycles. The number of rotatable bonds is 7. The molecule has 1 N–H and O–H groups in total. The minimum atomic E-state index is 0.889. The fourth-order valence-electron chi connectivity index (χ4n) is 2.92. The molecule has 2 aromatic heterocycles. The Labute approximate surface area is 143 Å². The molecule has 0 amide bonds. The van der Waals surface area contributed by atoms with Crippen molar-refractivity contribution >= 4 is 0 Å². The average molecular weight is 323 g/mol. The number of aromatic amines is 1. The topological polar surface area (TPSA) is 49.7 Å². The molecule has 0 radical (unpaired) electrons. The summed E-state index contributed by atoms with van der Waals surface area (Å²) in [6, 6.07) is 8.56. The van der Waals surface area contributed by atoms with E-state index in [0.717, 1.165) is 37.4 Å². The van der Waals surface area contributed by atoms with Gasteiger partial charge in [-0.25, -0.2) is 4.98 Å². The Bertz CT molecular complexity index is 769. The van der Waals surface area contributed by atoms with Crippen LogP contribution >= 0.6 is 0 Å². The predicted octanol–water partition coefficient (Wildman–Crippen LogP) is 3.18. The highest BCUT2D eigenvalue weighted by atomic mass is 15.1. The summed E-state index contributed by atoms with van der Waals surface area (Å²) in [7, 11) is 4.20. The molecule has 3 aromatic rings. The van der Waals surface area contributed by atoms with E-state index in [0.29, 0.717) is 0 Å². The Morgan fingerprint density at radius 1 is 1.21 bits per heavy atom. The second kappa shape index (κ2) is 7.45. The maximum Gasteiger partial charge on any atom is 0.108 e. The van der Waals surface area contributed by atoms with Gasteiger partial charge in [-0.05, 0) is 32.5 Å². The largest absolute Gasteiger partial charge is 0.338 e. The zero-order chi connectivity index (χ0) is 16.9. The van der Waals surface area contributed by atoms with Crippen molar-refractivity contribution in [3.05, 3.63) is 59.8 Å². The Hall–Kier alpha value is -2.40. The number of hydrogen-bond donors (Lipinski definition) is 1. The Kier molecular flexibility index (Phi) is 5.11. The number of benzene rings is 1. The van der Waals surface area contributed by atoms with Gasteiger partial charge in [0.15, 0.2) is 0 Å². The van der Waals surface area contributed by atoms with Crippen LogP contribution in [0.15, 0.2) is 42.9 Å². The van der Waals surface area contributed by atoms with Crippen molar-refractivity contribution in [1.29, 1.82) is 0 Å². The number of hydrogen-bond acceptors (Lipinski definition) is 3. The summed E-state index contributed by atoms with van der Waals surface area (Å²) in [4.78, 5) is 6.72. The van der Waals surface area contributed by atoms with Gasteiger partial charge in [-0.2, -0.15) is 5.10 Å². The molecule has 1 aromatic carbocycles. The van der Waals surface area contributed by atoms with E-state index in [2.05, 4.69) is 62.9 Å². The summed E-state index contributed by atoms with van der Waals surface area (Å²) in [5.74, 6) is 1.15. The third kappa shape index (κ3) is 3.92. The SMILES string of the molecule is Cc1ccc(-c2[nH]ncc2CN(C)CCCc2nccn2C)cc1. The van der Waals surface area contributed by atoms with Crippen LogP contribution in [0.4, 0.5) is 0 Å². The highest BCUT2D eigenvalue weighted by Crippen LogP contribution is 2.22. The number of nitrogens with zero attached hydrogens (tertiary/aromatic N) is 4. The standard InChI is InChI=1S/C19H25N5/c1-15-6-8-16(9-7-15)19-17(13-21-22-19)14-23(2)11-4-5-18-20-10-12-24(18)3/h6-10,12-13H,4-5,11,14H2,1-3H3,(H,21,22). The maximum atomic E-state index is 4.38. The zero-order valence-electron chi connectivity index (χ0n) is 14.7. The van der Waals surface area contributed by atoms with Crippen LogP contribution < -0.4 is 0 Å². The second-order valence-electron chi connectivity index (χ2n) is 6.43. The molecular weight excluding hydrogens is 298 g/mol. The zero-order valence-corrected chi connectivity index (χ0v) is 14.7. The summed E-state index contributed by atoms with van der Waals surface area (Å²) in [5, 5.41) is 7.38. The van der Waals surface area contributed by atoms with Gasteiger partial charge in [0.05, 0.1) is 11.9 Å². The quantitative estimate of drug-likeness (QED) is 0.726. The van der Waals surface area contributed by atoms with Gasteiger partial charge in [0, 0.05) is 38.0 Å². The molecular formula is C19H25N5. The highest BCUT2D eigenvalue weighted by Gasteiger charge is 2.10. The minimum absolute atomic E-state index is 0.889. The lowest BCUT2D eigenvalue weighted by molar-refractivity contribution is 0.321. The van der Waals surface area contributed by atoms with Crippen molar-refractivity contribution < 1.29 is 0 Å². The number of aryl methyl sites for hydroxylation is 3. The van der Waals surface area contributed by atoms with Crippen molar-refractivity contribution in [1.82, 2.24) is 24.6 Å². The van der Waals surface area contributed by atoms with Gasteiger partial charge in [0.1, 0.15) is 5.82 Å². The lowest BCUT2D eigenvalue weighted by Crippen LogP contribution is -2.20. The van der Waals surface area contributed by atoms with Crippen LogP contribution in [0.25, 0.3) is 11.3 Å².